The maximum atomic E-state index is 12.1. The molecule has 1 aromatic rings. The van der Waals surface area contributed by atoms with Gasteiger partial charge in [-0.2, -0.15) is 0 Å². The summed E-state index contributed by atoms with van der Waals surface area (Å²) in [5, 5.41) is 2.95. The van der Waals surface area contributed by atoms with Crippen LogP contribution in [0.15, 0.2) is 18.3 Å². The maximum absolute atomic E-state index is 12.1. The van der Waals surface area contributed by atoms with Gasteiger partial charge in [0.05, 0.1) is 0 Å². The number of unbranched alkanes of at least 4 members (excludes halogenated alkanes) is 1. The van der Waals surface area contributed by atoms with Crippen LogP contribution in [0.4, 0.5) is 5.82 Å². The topological polar surface area (TPSA) is 48.5 Å². The summed E-state index contributed by atoms with van der Waals surface area (Å²) in [5.74, 6) is 0.825. The number of carbonyl (C=O) groups is 1. The average molecular weight is 292 g/mol. The first kappa shape index (κ1) is 17.4. The summed E-state index contributed by atoms with van der Waals surface area (Å²) in [6.45, 7) is 4.79. The van der Waals surface area contributed by atoms with E-state index in [-0.39, 0.29) is 5.91 Å². The van der Waals surface area contributed by atoms with E-state index in [2.05, 4.69) is 27.0 Å². The molecule has 0 saturated heterocycles. The highest BCUT2D eigenvalue weighted by molar-refractivity contribution is 5.94. The van der Waals surface area contributed by atoms with Crippen molar-refractivity contribution in [3.8, 4) is 0 Å². The van der Waals surface area contributed by atoms with Crippen molar-refractivity contribution < 1.29 is 4.79 Å². The van der Waals surface area contributed by atoms with Gasteiger partial charge in [-0.15, -0.1) is 0 Å². The van der Waals surface area contributed by atoms with Gasteiger partial charge in [-0.1, -0.05) is 13.3 Å². The van der Waals surface area contributed by atoms with Gasteiger partial charge in [0.25, 0.3) is 5.91 Å². The van der Waals surface area contributed by atoms with Gasteiger partial charge in [0.2, 0.25) is 0 Å². The van der Waals surface area contributed by atoms with Crippen molar-refractivity contribution in [2.24, 2.45) is 0 Å². The molecular weight excluding hydrogens is 264 g/mol. The van der Waals surface area contributed by atoms with E-state index in [1.807, 2.05) is 27.2 Å². The van der Waals surface area contributed by atoms with Crippen LogP contribution < -0.4 is 10.2 Å². The number of hydrogen-bond donors (Lipinski definition) is 1. The zero-order chi connectivity index (χ0) is 15.7. The van der Waals surface area contributed by atoms with E-state index in [9.17, 15) is 4.79 Å². The number of hydrogen-bond acceptors (Lipinski definition) is 4. The molecule has 0 atom stereocenters. The van der Waals surface area contributed by atoms with Crippen molar-refractivity contribution >= 4 is 11.7 Å². The van der Waals surface area contributed by atoms with Gasteiger partial charge in [0, 0.05) is 31.9 Å². The monoisotopic (exact) mass is 292 g/mol. The van der Waals surface area contributed by atoms with Gasteiger partial charge in [0.15, 0.2) is 0 Å². The largest absolute Gasteiger partial charge is 0.360 e. The Morgan fingerprint density at radius 3 is 2.67 bits per heavy atom. The number of anilines is 1. The van der Waals surface area contributed by atoms with Crippen LogP contribution >= 0.6 is 0 Å². The molecule has 0 fully saturated rings. The van der Waals surface area contributed by atoms with Crippen molar-refractivity contribution in [3.63, 3.8) is 0 Å². The second-order valence-corrected chi connectivity index (χ2v) is 5.59. The normalized spacial score (nSPS) is 10.7. The Bertz CT molecular complexity index is 434. The first-order valence-corrected chi connectivity index (χ1v) is 7.64. The molecule has 1 rings (SSSR count). The minimum atomic E-state index is -0.0266. The lowest BCUT2D eigenvalue weighted by Crippen LogP contribution is -2.27. The van der Waals surface area contributed by atoms with Gasteiger partial charge < -0.3 is 15.1 Å². The van der Waals surface area contributed by atoms with Crippen LogP contribution in [0, 0.1) is 0 Å². The molecule has 5 heteroatoms. The zero-order valence-electron chi connectivity index (χ0n) is 13.7. The summed E-state index contributed by atoms with van der Waals surface area (Å²) in [6, 6.07) is 3.62. The van der Waals surface area contributed by atoms with E-state index >= 15 is 0 Å². The quantitative estimate of drug-likeness (QED) is 0.707. The van der Waals surface area contributed by atoms with Gasteiger partial charge in [-0.05, 0) is 45.6 Å². The fraction of sp³-hybridized carbons (Fsp3) is 0.625. The van der Waals surface area contributed by atoms with Crippen LogP contribution in [0.3, 0.4) is 0 Å². The van der Waals surface area contributed by atoms with Crippen molar-refractivity contribution in [1.82, 2.24) is 15.2 Å². The summed E-state index contributed by atoms with van der Waals surface area (Å²) in [5.41, 5.74) is 0.674. The lowest BCUT2D eigenvalue weighted by molar-refractivity contribution is 0.0952. The smallest absolute Gasteiger partial charge is 0.251 e. The Balaban J connectivity index is 2.52. The number of nitrogens with zero attached hydrogens (tertiary/aromatic N) is 3. The molecule has 118 valence electrons. The first-order valence-electron chi connectivity index (χ1n) is 7.64. The van der Waals surface area contributed by atoms with Crippen molar-refractivity contribution in [3.05, 3.63) is 23.9 Å². The number of aromatic nitrogens is 1. The molecular formula is C16H28N4O. The number of amides is 1. The number of carbonyl (C=O) groups excluding carboxylic acids is 1. The molecule has 0 bridgehead atoms. The van der Waals surface area contributed by atoms with E-state index in [0.29, 0.717) is 12.1 Å². The second kappa shape index (κ2) is 9.34. The molecule has 21 heavy (non-hydrogen) atoms. The molecule has 0 aliphatic rings. The Labute approximate surface area is 128 Å². The summed E-state index contributed by atoms with van der Waals surface area (Å²) >= 11 is 0. The van der Waals surface area contributed by atoms with Crippen molar-refractivity contribution in [1.29, 1.82) is 0 Å². The summed E-state index contributed by atoms with van der Waals surface area (Å²) in [6.07, 6.45) is 4.93. The van der Waals surface area contributed by atoms with Gasteiger partial charge in [0.1, 0.15) is 5.82 Å². The van der Waals surface area contributed by atoms with Gasteiger partial charge >= 0.3 is 0 Å². The predicted octanol–water partition coefficient (Wildman–Crippen LogP) is 2.00. The Morgan fingerprint density at radius 1 is 1.24 bits per heavy atom. The number of rotatable bonds is 9. The molecule has 0 radical (unpaired) electrons. The molecule has 0 aliphatic heterocycles. The third-order valence-electron chi connectivity index (χ3n) is 3.31. The van der Waals surface area contributed by atoms with Crippen LogP contribution in [0.2, 0.25) is 0 Å². The molecule has 0 unspecified atom stereocenters. The maximum Gasteiger partial charge on any atom is 0.251 e. The van der Waals surface area contributed by atoms with Gasteiger partial charge in [-0.25, -0.2) is 4.98 Å². The minimum absolute atomic E-state index is 0.0266. The molecule has 0 aromatic carbocycles. The molecule has 1 heterocycles. The third-order valence-corrected chi connectivity index (χ3v) is 3.31. The van der Waals surface area contributed by atoms with Crippen LogP contribution in [-0.2, 0) is 0 Å². The molecule has 1 aromatic heterocycles. The highest BCUT2D eigenvalue weighted by Gasteiger charge is 2.08. The van der Waals surface area contributed by atoms with Crippen molar-refractivity contribution in [2.45, 2.75) is 26.2 Å². The number of pyridine rings is 1. The fourth-order valence-corrected chi connectivity index (χ4v) is 1.98. The second-order valence-electron chi connectivity index (χ2n) is 5.59. The van der Waals surface area contributed by atoms with Crippen LogP contribution in [0.1, 0.15) is 36.5 Å². The van der Waals surface area contributed by atoms with Gasteiger partial charge in [-0.3, -0.25) is 4.79 Å². The summed E-state index contributed by atoms with van der Waals surface area (Å²) < 4.78 is 0. The lowest BCUT2D eigenvalue weighted by atomic mass is 10.2. The highest BCUT2D eigenvalue weighted by atomic mass is 16.1. The Morgan fingerprint density at radius 2 is 2.00 bits per heavy atom. The molecule has 1 N–H and O–H groups in total. The van der Waals surface area contributed by atoms with Crippen molar-refractivity contribution in [2.75, 3.05) is 45.7 Å². The minimum Gasteiger partial charge on any atom is -0.360 e. The molecule has 1 amide bonds. The first-order chi connectivity index (χ1) is 10.0. The average Bonchev–Trinajstić information content (AvgIpc) is 2.48. The fourth-order valence-electron chi connectivity index (χ4n) is 1.98. The summed E-state index contributed by atoms with van der Waals surface area (Å²) in [4.78, 5) is 20.6. The standard InChI is InChI=1S/C16H28N4O/c1-5-6-12-20(4)15-13-14(8-10-17-15)16(21)18-9-7-11-19(2)3/h8,10,13H,5-7,9,11-12H2,1-4H3,(H,18,21). The zero-order valence-corrected chi connectivity index (χ0v) is 13.7. The third kappa shape index (κ3) is 6.58. The van der Waals surface area contributed by atoms with E-state index in [1.165, 1.54) is 0 Å². The van der Waals surface area contributed by atoms with Crippen LogP contribution in [-0.4, -0.2) is 56.6 Å². The molecule has 0 spiro atoms. The number of nitrogens with one attached hydrogen (secondary N) is 1. The van der Waals surface area contributed by atoms with Crippen LogP contribution in [0.25, 0.3) is 0 Å². The SMILES string of the molecule is CCCCN(C)c1cc(C(=O)NCCCN(C)C)ccn1. The van der Waals surface area contributed by atoms with E-state index < -0.39 is 0 Å². The van der Waals surface area contributed by atoms with Crippen LogP contribution in [0.5, 0.6) is 0 Å². The van der Waals surface area contributed by atoms with E-state index in [0.717, 1.165) is 38.2 Å². The molecule has 0 saturated carbocycles. The Kier molecular flexibility index (Phi) is 7.75. The molecule has 0 aliphatic carbocycles. The Hall–Kier alpha value is -1.62. The lowest BCUT2D eigenvalue weighted by Gasteiger charge is -2.18. The predicted molar refractivity (Wildman–Crippen MR) is 87.9 cm³/mol. The van der Waals surface area contributed by atoms with E-state index in [1.54, 1.807) is 12.3 Å². The van der Waals surface area contributed by atoms with E-state index in [4.69, 9.17) is 0 Å². The highest BCUT2D eigenvalue weighted by Crippen LogP contribution is 2.11. The summed E-state index contributed by atoms with van der Waals surface area (Å²) in [7, 11) is 6.07. The molecule has 5 nitrogen and oxygen atoms in total.